The zero-order valence-electron chi connectivity index (χ0n) is 17.2. The van der Waals surface area contributed by atoms with Crippen molar-refractivity contribution < 1.29 is 14.3 Å². The summed E-state index contributed by atoms with van der Waals surface area (Å²) in [6, 6.07) is 13.5. The molecule has 3 rings (SSSR count). The first-order valence-corrected chi connectivity index (χ1v) is 9.62. The van der Waals surface area contributed by atoms with Crippen LogP contribution >= 0.6 is 0 Å². The minimum atomic E-state index is -0.0934. The van der Waals surface area contributed by atoms with Crippen LogP contribution in [0.5, 0.6) is 5.75 Å². The molecule has 0 fully saturated rings. The van der Waals surface area contributed by atoms with E-state index < -0.39 is 0 Å². The Bertz CT molecular complexity index is 880. The molecular formula is C23H28N2O3. The van der Waals surface area contributed by atoms with Crippen LogP contribution in [0.3, 0.4) is 0 Å². The van der Waals surface area contributed by atoms with E-state index in [4.69, 9.17) is 4.74 Å². The molecule has 1 N–H and O–H groups in total. The molecule has 0 bridgehead atoms. The van der Waals surface area contributed by atoms with Crippen LogP contribution in [-0.4, -0.2) is 24.5 Å². The quantitative estimate of drug-likeness (QED) is 0.871. The van der Waals surface area contributed by atoms with E-state index in [1.807, 2.05) is 38.1 Å². The van der Waals surface area contributed by atoms with E-state index in [1.54, 1.807) is 17.0 Å². The molecule has 0 saturated carbocycles. The highest BCUT2D eigenvalue weighted by Crippen LogP contribution is 2.37. The van der Waals surface area contributed by atoms with Gasteiger partial charge in [0, 0.05) is 11.6 Å². The van der Waals surface area contributed by atoms with Gasteiger partial charge in [-0.3, -0.25) is 9.59 Å². The predicted molar refractivity (Wildman–Crippen MR) is 111 cm³/mol. The average molecular weight is 380 g/mol. The fraction of sp³-hybridized carbons (Fsp3) is 0.391. The second-order valence-electron chi connectivity index (χ2n) is 8.53. The molecule has 0 unspecified atom stereocenters. The van der Waals surface area contributed by atoms with Crippen molar-refractivity contribution in [1.82, 2.24) is 5.32 Å². The molecule has 5 nitrogen and oxygen atoms in total. The monoisotopic (exact) mass is 380 g/mol. The van der Waals surface area contributed by atoms with E-state index in [9.17, 15) is 9.59 Å². The first-order chi connectivity index (χ1) is 13.1. The highest BCUT2D eigenvalue weighted by atomic mass is 16.5. The smallest absolute Gasteiger partial charge is 0.265 e. The van der Waals surface area contributed by atoms with Gasteiger partial charge < -0.3 is 15.0 Å². The molecule has 1 heterocycles. The van der Waals surface area contributed by atoms with Crippen molar-refractivity contribution >= 4 is 17.5 Å². The number of hydrogen-bond acceptors (Lipinski definition) is 3. The van der Waals surface area contributed by atoms with Crippen LogP contribution in [0.15, 0.2) is 42.5 Å². The molecule has 28 heavy (non-hydrogen) atoms. The van der Waals surface area contributed by atoms with Crippen LogP contribution in [0.25, 0.3) is 0 Å². The molecule has 148 valence electrons. The van der Waals surface area contributed by atoms with Gasteiger partial charge in [0.05, 0.1) is 12.2 Å². The Labute approximate surface area is 166 Å². The summed E-state index contributed by atoms with van der Waals surface area (Å²) in [7, 11) is 0. The molecular weight excluding hydrogens is 352 g/mol. The Morgan fingerprint density at radius 3 is 2.43 bits per heavy atom. The lowest BCUT2D eigenvalue weighted by Crippen LogP contribution is -2.38. The molecule has 5 heteroatoms. The molecule has 2 aromatic rings. The second-order valence-corrected chi connectivity index (χ2v) is 8.53. The number of hydrogen-bond donors (Lipinski definition) is 1. The molecule has 0 spiro atoms. The molecule has 0 saturated heterocycles. The topological polar surface area (TPSA) is 58.6 Å². The van der Waals surface area contributed by atoms with E-state index in [2.05, 4.69) is 32.2 Å². The lowest BCUT2D eigenvalue weighted by atomic mass is 9.86. The zero-order valence-corrected chi connectivity index (χ0v) is 17.2. The summed E-state index contributed by atoms with van der Waals surface area (Å²) in [6.07, 6.45) is 0. The first kappa shape index (κ1) is 19.9. The SMILES string of the molecule is CC(C)NC(=O)c1ccc(CN2C(=O)COc3ccc(C(C)(C)C)cc32)cc1. The van der Waals surface area contributed by atoms with Crippen molar-refractivity contribution in [3.8, 4) is 5.75 Å². The van der Waals surface area contributed by atoms with Crippen LogP contribution in [0.1, 0.15) is 56.1 Å². The van der Waals surface area contributed by atoms with Crippen LogP contribution in [0.4, 0.5) is 5.69 Å². The maximum Gasteiger partial charge on any atom is 0.265 e. The standard InChI is InChI=1S/C23H28N2O3/c1-15(2)24-22(27)17-8-6-16(7-9-17)13-25-19-12-18(23(3,4)5)10-11-20(19)28-14-21(25)26/h6-12,15H,13-14H2,1-5H3,(H,24,27). The Balaban J connectivity index is 1.85. The van der Waals surface area contributed by atoms with Crippen LogP contribution in [-0.2, 0) is 16.8 Å². The van der Waals surface area contributed by atoms with Gasteiger partial charge in [-0.1, -0.05) is 39.0 Å². The maximum absolute atomic E-state index is 12.6. The van der Waals surface area contributed by atoms with E-state index in [0.29, 0.717) is 12.1 Å². The van der Waals surface area contributed by atoms with Crippen molar-refractivity contribution in [2.45, 2.75) is 52.6 Å². The van der Waals surface area contributed by atoms with E-state index in [0.717, 1.165) is 22.6 Å². The predicted octanol–water partition coefficient (Wildman–Crippen LogP) is 4.05. The minimum Gasteiger partial charge on any atom is -0.482 e. The number of nitrogens with one attached hydrogen (secondary N) is 1. The fourth-order valence-corrected chi connectivity index (χ4v) is 3.13. The largest absolute Gasteiger partial charge is 0.482 e. The Kier molecular flexibility index (Phi) is 5.45. The molecule has 1 aliphatic rings. The van der Waals surface area contributed by atoms with Crippen LogP contribution < -0.4 is 15.0 Å². The number of benzene rings is 2. The maximum atomic E-state index is 12.6. The van der Waals surface area contributed by atoms with Crippen LogP contribution in [0.2, 0.25) is 0 Å². The number of nitrogens with zero attached hydrogens (tertiary/aromatic N) is 1. The minimum absolute atomic E-state index is 0.0212. The highest BCUT2D eigenvalue weighted by molar-refractivity contribution is 5.98. The number of carbonyl (C=O) groups excluding carboxylic acids is 2. The third kappa shape index (κ3) is 4.35. The number of amides is 2. The molecule has 2 amide bonds. The highest BCUT2D eigenvalue weighted by Gasteiger charge is 2.27. The third-order valence-electron chi connectivity index (χ3n) is 4.74. The zero-order chi connectivity index (χ0) is 20.5. The number of carbonyl (C=O) groups is 2. The first-order valence-electron chi connectivity index (χ1n) is 9.62. The Hall–Kier alpha value is -2.82. The molecule has 0 aromatic heterocycles. The normalized spacial score (nSPS) is 13.9. The van der Waals surface area contributed by atoms with Gasteiger partial charge in [0.15, 0.2) is 6.61 Å². The summed E-state index contributed by atoms with van der Waals surface area (Å²) in [5.41, 5.74) is 3.50. The van der Waals surface area contributed by atoms with Crippen molar-refractivity contribution in [2.75, 3.05) is 11.5 Å². The van der Waals surface area contributed by atoms with E-state index in [-0.39, 0.29) is 29.9 Å². The number of anilines is 1. The number of rotatable bonds is 4. The van der Waals surface area contributed by atoms with Gasteiger partial charge in [0.2, 0.25) is 0 Å². The van der Waals surface area contributed by atoms with Crippen molar-refractivity contribution in [3.05, 3.63) is 59.2 Å². The summed E-state index contributed by atoms with van der Waals surface area (Å²) in [4.78, 5) is 26.4. The van der Waals surface area contributed by atoms with Gasteiger partial charge in [-0.2, -0.15) is 0 Å². The fourth-order valence-electron chi connectivity index (χ4n) is 3.13. The van der Waals surface area contributed by atoms with Crippen LogP contribution in [0, 0.1) is 0 Å². The summed E-state index contributed by atoms with van der Waals surface area (Å²) >= 11 is 0. The molecule has 2 aromatic carbocycles. The lowest BCUT2D eigenvalue weighted by Gasteiger charge is -2.31. The summed E-state index contributed by atoms with van der Waals surface area (Å²) < 4.78 is 5.61. The van der Waals surface area contributed by atoms with Gasteiger partial charge in [-0.05, 0) is 54.7 Å². The summed E-state index contributed by atoms with van der Waals surface area (Å²) in [5, 5.41) is 2.88. The number of fused-ring (bicyclic) bond motifs is 1. The number of ether oxygens (including phenoxy) is 1. The van der Waals surface area contributed by atoms with Crippen molar-refractivity contribution in [3.63, 3.8) is 0 Å². The van der Waals surface area contributed by atoms with Gasteiger partial charge in [0.1, 0.15) is 5.75 Å². The van der Waals surface area contributed by atoms with Crippen molar-refractivity contribution in [1.29, 1.82) is 0 Å². The summed E-state index contributed by atoms with van der Waals surface area (Å²) in [6.45, 7) is 10.8. The molecule has 0 atom stereocenters. The summed E-state index contributed by atoms with van der Waals surface area (Å²) in [5.74, 6) is 0.560. The van der Waals surface area contributed by atoms with Gasteiger partial charge in [0.25, 0.3) is 11.8 Å². The Morgan fingerprint density at radius 1 is 1.14 bits per heavy atom. The molecule has 1 aliphatic heterocycles. The van der Waals surface area contributed by atoms with Gasteiger partial charge in [-0.25, -0.2) is 0 Å². The Morgan fingerprint density at radius 2 is 1.82 bits per heavy atom. The lowest BCUT2D eigenvalue weighted by molar-refractivity contribution is -0.121. The van der Waals surface area contributed by atoms with Crippen molar-refractivity contribution in [2.24, 2.45) is 0 Å². The van der Waals surface area contributed by atoms with Gasteiger partial charge in [-0.15, -0.1) is 0 Å². The van der Waals surface area contributed by atoms with E-state index in [1.165, 1.54) is 0 Å². The second kappa shape index (κ2) is 7.66. The van der Waals surface area contributed by atoms with Gasteiger partial charge >= 0.3 is 0 Å². The molecule has 0 aliphatic carbocycles. The molecule has 0 radical (unpaired) electrons. The average Bonchev–Trinajstić information content (AvgIpc) is 2.63. The third-order valence-corrected chi connectivity index (χ3v) is 4.74. The van der Waals surface area contributed by atoms with E-state index >= 15 is 0 Å².